The number of piperidine rings is 1. The fourth-order valence-electron chi connectivity index (χ4n) is 3.52. The monoisotopic (exact) mass is 389 g/mol. The Morgan fingerprint density at radius 2 is 2.00 bits per heavy atom. The Bertz CT molecular complexity index is 1090. The Kier molecular flexibility index (Phi) is 4.51. The van der Waals surface area contributed by atoms with E-state index in [0.717, 1.165) is 40.4 Å². The molecule has 1 fully saturated rings. The number of nitrogens with one attached hydrogen (secondary N) is 1. The molecule has 3 aromatic rings. The van der Waals surface area contributed by atoms with E-state index in [-0.39, 0.29) is 12.0 Å². The summed E-state index contributed by atoms with van der Waals surface area (Å²) in [5.41, 5.74) is 2.43. The van der Waals surface area contributed by atoms with E-state index in [1.165, 1.54) is 10.6 Å². The molecule has 0 radical (unpaired) electrons. The van der Waals surface area contributed by atoms with Crippen molar-refractivity contribution in [3.05, 3.63) is 24.0 Å². The van der Waals surface area contributed by atoms with Gasteiger partial charge in [-0.3, -0.25) is 0 Å². The van der Waals surface area contributed by atoms with E-state index in [1.807, 2.05) is 12.1 Å². The average molecular weight is 389 g/mol. The van der Waals surface area contributed by atoms with Gasteiger partial charge < -0.3 is 9.84 Å². The van der Waals surface area contributed by atoms with Gasteiger partial charge in [0.1, 0.15) is 0 Å². The molecule has 8 nitrogen and oxygen atoms in total. The van der Waals surface area contributed by atoms with Crippen LogP contribution < -0.4 is 5.32 Å². The molecule has 1 saturated heterocycles. The predicted octanol–water partition coefficient (Wildman–Crippen LogP) is 2.73. The summed E-state index contributed by atoms with van der Waals surface area (Å²) >= 11 is 0. The molecule has 0 spiro atoms. The van der Waals surface area contributed by atoms with Crippen LogP contribution >= 0.6 is 0 Å². The highest BCUT2D eigenvalue weighted by Crippen LogP contribution is 2.31. The molecule has 9 heteroatoms. The highest BCUT2D eigenvalue weighted by atomic mass is 32.2. The molecule has 27 heavy (non-hydrogen) atoms. The van der Waals surface area contributed by atoms with Crippen molar-refractivity contribution < 1.29 is 12.9 Å². The first-order valence-corrected chi connectivity index (χ1v) is 10.9. The second-order valence-corrected chi connectivity index (χ2v) is 9.36. The minimum absolute atomic E-state index is 0.145. The van der Waals surface area contributed by atoms with Crippen LogP contribution in [0.2, 0.25) is 0 Å². The van der Waals surface area contributed by atoms with Crippen LogP contribution in [0.15, 0.2) is 22.9 Å². The second-order valence-electron chi connectivity index (χ2n) is 7.37. The highest BCUT2D eigenvalue weighted by molar-refractivity contribution is 7.88. The first kappa shape index (κ1) is 18.1. The van der Waals surface area contributed by atoms with Crippen LogP contribution in [0.1, 0.15) is 38.3 Å². The van der Waals surface area contributed by atoms with Crippen LogP contribution in [-0.2, 0) is 10.0 Å². The summed E-state index contributed by atoms with van der Waals surface area (Å²) in [5, 5.41) is 9.42. The van der Waals surface area contributed by atoms with Gasteiger partial charge in [-0.2, -0.15) is 0 Å². The Morgan fingerprint density at radius 1 is 1.26 bits per heavy atom. The van der Waals surface area contributed by atoms with Gasteiger partial charge in [0.2, 0.25) is 16.0 Å². The van der Waals surface area contributed by atoms with Gasteiger partial charge in [0.05, 0.1) is 22.9 Å². The van der Waals surface area contributed by atoms with Gasteiger partial charge in [0.15, 0.2) is 5.58 Å². The topological polar surface area (TPSA) is 101 Å². The number of sulfonamides is 1. The van der Waals surface area contributed by atoms with Crippen molar-refractivity contribution in [3.63, 3.8) is 0 Å². The van der Waals surface area contributed by atoms with Crippen molar-refractivity contribution in [3.8, 4) is 0 Å². The Labute approximate surface area is 158 Å². The quantitative estimate of drug-likeness (QED) is 0.732. The smallest absolute Gasteiger partial charge is 0.223 e. The van der Waals surface area contributed by atoms with Gasteiger partial charge >= 0.3 is 0 Å². The standard InChI is InChI=1S/C18H23N5O3S/c1-11(2)16-15-14(26-22-16)5-4-12-10-19-18(21-17(12)15)20-13-6-8-23(9-7-13)27(3,24)25/h4-5,10-11,13H,6-9H2,1-3H3,(H,19,20,21). The number of rotatable bonds is 4. The summed E-state index contributed by atoms with van der Waals surface area (Å²) in [4.78, 5) is 9.16. The zero-order chi connectivity index (χ0) is 19.2. The summed E-state index contributed by atoms with van der Waals surface area (Å²) in [5.74, 6) is 0.771. The molecule has 1 aliphatic rings. The maximum atomic E-state index is 11.6. The van der Waals surface area contributed by atoms with Crippen molar-refractivity contribution in [2.45, 2.75) is 38.6 Å². The van der Waals surface area contributed by atoms with E-state index in [2.05, 4.69) is 29.3 Å². The summed E-state index contributed by atoms with van der Waals surface area (Å²) < 4.78 is 30.3. The SMILES string of the molecule is CC(C)c1noc2ccc3cnc(NC4CCN(S(C)(=O)=O)CC4)nc3c12. The van der Waals surface area contributed by atoms with E-state index in [1.54, 1.807) is 6.20 Å². The lowest BCUT2D eigenvalue weighted by Crippen LogP contribution is -2.42. The van der Waals surface area contributed by atoms with E-state index in [4.69, 9.17) is 9.51 Å². The molecule has 0 unspecified atom stereocenters. The molecule has 4 rings (SSSR count). The molecule has 3 heterocycles. The summed E-state index contributed by atoms with van der Waals surface area (Å²) in [6.07, 6.45) is 4.50. The predicted molar refractivity (Wildman–Crippen MR) is 104 cm³/mol. The van der Waals surface area contributed by atoms with E-state index in [0.29, 0.717) is 19.0 Å². The number of anilines is 1. The molecular weight excluding hydrogens is 366 g/mol. The van der Waals surface area contributed by atoms with Crippen molar-refractivity contribution >= 4 is 37.8 Å². The van der Waals surface area contributed by atoms with Gasteiger partial charge in [0, 0.05) is 30.7 Å². The number of aromatic nitrogens is 3. The Balaban J connectivity index is 1.62. The molecule has 0 saturated carbocycles. The van der Waals surface area contributed by atoms with Gasteiger partial charge in [-0.05, 0) is 30.9 Å². The largest absolute Gasteiger partial charge is 0.356 e. The zero-order valence-corrected chi connectivity index (χ0v) is 16.5. The van der Waals surface area contributed by atoms with E-state index in [9.17, 15) is 8.42 Å². The van der Waals surface area contributed by atoms with E-state index < -0.39 is 10.0 Å². The number of hydrogen-bond acceptors (Lipinski definition) is 7. The zero-order valence-electron chi connectivity index (χ0n) is 15.6. The lowest BCUT2D eigenvalue weighted by atomic mass is 10.0. The number of benzene rings is 1. The van der Waals surface area contributed by atoms with Crippen LogP contribution in [0.4, 0.5) is 5.95 Å². The normalized spacial score (nSPS) is 17.2. The molecule has 144 valence electrons. The van der Waals surface area contributed by atoms with E-state index >= 15 is 0 Å². The van der Waals surface area contributed by atoms with Crippen LogP contribution in [0.5, 0.6) is 0 Å². The molecular formula is C18H23N5O3S. The minimum atomic E-state index is -3.12. The fraction of sp³-hybridized carbons (Fsp3) is 0.500. The van der Waals surface area contributed by atoms with Gasteiger partial charge in [-0.1, -0.05) is 19.0 Å². The number of fused-ring (bicyclic) bond motifs is 3. The molecule has 0 aliphatic carbocycles. The summed E-state index contributed by atoms with van der Waals surface area (Å²) in [6, 6.07) is 3.97. The first-order chi connectivity index (χ1) is 12.8. The van der Waals surface area contributed by atoms with Crippen LogP contribution in [0.3, 0.4) is 0 Å². The molecule has 0 amide bonds. The molecule has 1 aromatic carbocycles. The molecule has 2 aromatic heterocycles. The summed E-state index contributed by atoms with van der Waals surface area (Å²) in [6.45, 7) is 5.17. The first-order valence-electron chi connectivity index (χ1n) is 9.09. The van der Waals surface area contributed by atoms with Crippen LogP contribution in [-0.4, -0.2) is 53.2 Å². The lowest BCUT2D eigenvalue weighted by Gasteiger charge is -2.30. The minimum Gasteiger partial charge on any atom is -0.356 e. The number of hydrogen-bond donors (Lipinski definition) is 1. The molecule has 0 atom stereocenters. The van der Waals surface area contributed by atoms with Crippen molar-refractivity contribution in [1.82, 2.24) is 19.4 Å². The number of nitrogens with zero attached hydrogens (tertiary/aromatic N) is 4. The van der Waals surface area contributed by atoms with Crippen molar-refractivity contribution in [2.24, 2.45) is 0 Å². The molecule has 1 aliphatic heterocycles. The molecule has 1 N–H and O–H groups in total. The Hall–Kier alpha value is -2.26. The van der Waals surface area contributed by atoms with Gasteiger partial charge in [-0.25, -0.2) is 22.7 Å². The van der Waals surface area contributed by atoms with Gasteiger partial charge in [0.25, 0.3) is 0 Å². The molecule has 0 bridgehead atoms. The second kappa shape index (κ2) is 6.72. The van der Waals surface area contributed by atoms with Gasteiger partial charge in [-0.15, -0.1) is 0 Å². The summed E-state index contributed by atoms with van der Waals surface area (Å²) in [7, 11) is -3.12. The average Bonchev–Trinajstić information content (AvgIpc) is 3.06. The highest BCUT2D eigenvalue weighted by Gasteiger charge is 2.25. The van der Waals surface area contributed by atoms with Crippen LogP contribution in [0, 0.1) is 0 Å². The maximum absolute atomic E-state index is 11.6. The Morgan fingerprint density at radius 3 is 2.67 bits per heavy atom. The third kappa shape index (κ3) is 3.49. The maximum Gasteiger partial charge on any atom is 0.223 e. The van der Waals surface area contributed by atoms with Crippen molar-refractivity contribution in [1.29, 1.82) is 0 Å². The van der Waals surface area contributed by atoms with Crippen LogP contribution in [0.25, 0.3) is 21.9 Å². The fourth-order valence-corrected chi connectivity index (χ4v) is 4.40. The lowest BCUT2D eigenvalue weighted by molar-refractivity contribution is 0.331. The van der Waals surface area contributed by atoms with Crippen molar-refractivity contribution in [2.75, 3.05) is 24.7 Å². The third-order valence-electron chi connectivity index (χ3n) is 5.02. The third-order valence-corrected chi connectivity index (χ3v) is 6.32.